The van der Waals surface area contributed by atoms with Crippen molar-refractivity contribution in [2.45, 2.75) is 18.4 Å². The number of rotatable bonds is 9. The lowest BCUT2D eigenvalue weighted by molar-refractivity contribution is 0.269. The molecule has 0 aliphatic carbocycles. The lowest BCUT2D eigenvalue weighted by atomic mass is 10.2. The summed E-state index contributed by atoms with van der Waals surface area (Å²) in [5.41, 5.74) is 1.52. The molecule has 0 fully saturated rings. The summed E-state index contributed by atoms with van der Waals surface area (Å²) in [7, 11) is -3.72. The molecule has 0 saturated carbocycles. The topological polar surface area (TPSA) is 77.0 Å². The molecule has 0 unspecified atom stereocenters. The number of ether oxygens (including phenoxy) is 2. The van der Waals surface area contributed by atoms with Crippen LogP contribution in [0.15, 0.2) is 82.8 Å². The summed E-state index contributed by atoms with van der Waals surface area (Å²) in [6, 6.07) is 20.7. The molecule has 156 valence electrons. The van der Waals surface area contributed by atoms with Gasteiger partial charge >= 0.3 is 0 Å². The van der Waals surface area contributed by atoms with Crippen LogP contribution in [-0.4, -0.2) is 21.2 Å². The highest BCUT2D eigenvalue weighted by atomic mass is 35.5. The quantitative estimate of drug-likeness (QED) is 0.385. The molecule has 1 N–H and O–H groups in total. The maximum absolute atomic E-state index is 12.2. The molecule has 0 atom stereocenters. The number of hydrogen-bond acceptors (Lipinski definition) is 5. The van der Waals surface area contributed by atoms with E-state index in [0.717, 1.165) is 5.56 Å². The van der Waals surface area contributed by atoms with Crippen LogP contribution < -0.4 is 14.3 Å². The van der Waals surface area contributed by atoms with E-state index in [-0.39, 0.29) is 4.90 Å². The summed E-state index contributed by atoms with van der Waals surface area (Å²) in [5, 5.41) is 4.48. The molecule has 0 radical (unpaired) electrons. The maximum Gasteiger partial charge on any atom is 0.276 e. The molecule has 3 rings (SSSR count). The van der Waals surface area contributed by atoms with Crippen molar-refractivity contribution in [3.8, 4) is 11.5 Å². The van der Waals surface area contributed by atoms with Crippen LogP contribution >= 0.6 is 11.6 Å². The lowest BCUT2D eigenvalue weighted by Gasteiger charge is -2.13. The van der Waals surface area contributed by atoms with Gasteiger partial charge in [-0.15, -0.1) is 0 Å². The Morgan fingerprint density at radius 2 is 1.70 bits per heavy atom. The summed E-state index contributed by atoms with van der Waals surface area (Å²) in [5.74, 6) is 1.08. The summed E-state index contributed by atoms with van der Waals surface area (Å²) >= 11 is 6.17. The van der Waals surface area contributed by atoms with Gasteiger partial charge in [-0.3, -0.25) is 0 Å². The number of nitrogens with zero attached hydrogens (tertiary/aromatic N) is 1. The van der Waals surface area contributed by atoms with E-state index in [0.29, 0.717) is 35.3 Å². The summed E-state index contributed by atoms with van der Waals surface area (Å²) in [6.07, 6.45) is 1.40. The van der Waals surface area contributed by atoms with Crippen molar-refractivity contribution < 1.29 is 17.9 Å². The number of hydrogen-bond donors (Lipinski definition) is 1. The van der Waals surface area contributed by atoms with Crippen molar-refractivity contribution in [2.75, 3.05) is 6.61 Å². The summed E-state index contributed by atoms with van der Waals surface area (Å²) in [4.78, 5) is 2.34. The molecule has 0 aliphatic rings. The molecule has 3 aromatic carbocycles. The van der Waals surface area contributed by atoms with Crippen molar-refractivity contribution in [1.82, 2.24) is 4.83 Å². The smallest absolute Gasteiger partial charge is 0.276 e. The average molecular weight is 445 g/mol. The van der Waals surface area contributed by atoms with Crippen LogP contribution in [0.3, 0.4) is 0 Å². The van der Waals surface area contributed by atoms with Gasteiger partial charge in [0.1, 0.15) is 6.61 Å². The molecule has 0 saturated heterocycles. The van der Waals surface area contributed by atoms with Crippen LogP contribution in [0.25, 0.3) is 0 Å². The van der Waals surface area contributed by atoms with Crippen molar-refractivity contribution >= 4 is 27.8 Å². The molecule has 8 heteroatoms. The molecule has 3 aromatic rings. The van der Waals surface area contributed by atoms with Gasteiger partial charge in [-0.2, -0.15) is 13.5 Å². The van der Waals surface area contributed by atoms with Crippen LogP contribution in [0.4, 0.5) is 0 Å². The highest BCUT2D eigenvalue weighted by Crippen LogP contribution is 2.29. The minimum atomic E-state index is -3.72. The Bertz CT molecular complexity index is 1120. The molecule has 30 heavy (non-hydrogen) atoms. The third-order valence-corrected chi connectivity index (χ3v) is 5.66. The molecule has 0 aliphatic heterocycles. The molecule has 6 nitrogen and oxygen atoms in total. The van der Waals surface area contributed by atoms with E-state index in [2.05, 4.69) is 9.93 Å². The van der Waals surface area contributed by atoms with Crippen LogP contribution in [0.1, 0.15) is 18.1 Å². The fraction of sp³-hybridized carbons (Fsp3) is 0.136. The first kappa shape index (κ1) is 21.7. The predicted molar refractivity (Wildman–Crippen MR) is 118 cm³/mol. The van der Waals surface area contributed by atoms with Gasteiger partial charge in [-0.25, -0.2) is 4.83 Å². The highest BCUT2D eigenvalue weighted by Gasteiger charge is 2.11. The van der Waals surface area contributed by atoms with Crippen molar-refractivity contribution in [3.05, 3.63) is 88.9 Å². The van der Waals surface area contributed by atoms with Crippen LogP contribution in [0, 0.1) is 0 Å². The predicted octanol–water partition coefficient (Wildman–Crippen LogP) is 4.63. The van der Waals surface area contributed by atoms with Gasteiger partial charge < -0.3 is 9.47 Å². The fourth-order valence-electron chi connectivity index (χ4n) is 2.59. The molecular weight excluding hydrogens is 424 g/mol. The van der Waals surface area contributed by atoms with E-state index in [1.807, 2.05) is 25.1 Å². The molecule has 0 amide bonds. The maximum atomic E-state index is 12.2. The highest BCUT2D eigenvalue weighted by molar-refractivity contribution is 7.89. The van der Waals surface area contributed by atoms with Crippen LogP contribution in [-0.2, 0) is 16.6 Å². The number of benzene rings is 3. The van der Waals surface area contributed by atoms with Crippen LogP contribution in [0.2, 0.25) is 5.02 Å². The van der Waals surface area contributed by atoms with Gasteiger partial charge in [0, 0.05) is 10.6 Å². The minimum Gasteiger partial charge on any atom is -0.490 e. The van der Waals surface area contributed by atoms with E-state index in [9.17, 15) is 8.42 Å². The van der Waals surface area contributed by atoms with Crippen molar-refractivity contribution in [2.24, 2.45) is 5.10 Å². The fourth-order valence-corrected chi connectivity index (χ4v) is 3.59. The van der Waals surface area contributed by atoms with Gasteiger partial charge in [-0.05, 0) is 48.9 Å². The van der Waals surface area contributed by atoms with Gasteiger partial charge in [0.15, 0.2) is 11.5 Å². The Morgan fingerprint density at radius 1 is 0.967 bits per heavy atom. The normalized spacial score (nSPS) is 11.4. The largest absolute Gasteiger partial charge is 0.490 e. The first-order valence-corrected chi connectivity index (χ1v) is 11.1. The second-order valence-electron chi connectivity index (χ2n) is 6.19. The first-order valence-electron chi connectivity index (χ1n) is 9.22. The van der Waals surface area contributed by atoms with Gasteiger partial charge in [0.25, 0.3) is 10.0 Å². The van der Waals surface area contributed by atoms with E-state index < -0.39 is 10.0 Å². The molecule has 0 spiro atoms. The SMILES string of the molecule is CCOc1cc(C=NNS(=O)(=O)c2ccccc2)ccc1OCc1ccccc1Cl. The van der Waals surface area contributed by atoms with Crippen LogP contribution in [0.5, 0.6) is 11.5 Å². The zero-order valence-corrected chi connectivity index (χ0v) is 17.9. The third kappa shape index (κ3) is 5.75. The molecule has 0 heterocycles. The second kappa shape index (κ2) is 10.1. The van der Waals surface area contributed by atoms with Crippen molar-refractivity contribution in [1.29, 1.82) is 0 Å². The summed E-state index contributed by atoms with van der Waals surface area (Å²) in [6.45, 7) is 2.61. The monoisotopic (exact) mass is 444 g/mol. The van der Waals surface area contributed by atoms with E-state index >= 15 is 0 Å². The standard InChI is InChI=1S/C22H21ClN2O4S/c1-2-28-22-14-17(15-24-25-30(26,27)19-9-4-3-5-10-19)12-13-21(22)29-16-18-8-6-7-11-20(18)23/h3-15,25H,2,16H2,1H3. The van der Waals surface area contributed by atoms with Gasteiger partial charge in [-0.1, -0.05) is 48.0 Å². The average Bonchev–Trinajstić information content (AvgIpc) is 2.75. The zero-order chi connectivity index (χ0) is 21.4. The zero-order valence-electron chi connectivity index (χ0n) is 16.3. The summed E-state index contributed by atoms with van der Waals surface area (Å²) < 4.78 is 35.9. The number of nitrogens with one attached hydrogen (secondary N) is 1. The lowest BCUT2D eigenvalue weighted by Crippen LogP contribution is -2.18. The van der Waals surface area contributed by atoms with Gasteiger partial charge in [0.2, 0.25) is 0 Å². The Hall–Kier alpha value is -3.03. The number of halogens is 1. The Kier molecular flexibility index (Phi) is 7.32. The second-order valence-corrected chi connectivity index (χ2v) is 8.25. The molecule has 0 aromatic heterocycles. The van der Waals surface area contributed by atoms with E-state index in [1.165, 1.54) is 18.3 Å². The van der Waals surface area contributed by atoms with E-state index in [1.54, 1.807) is 42.5 Å². The van der Waals surface area contributed by atoms with Crippen molar-refractivity contribution in [3.63, 3.8) is 0 Å². The minimum absolute atomic E-state index is 0.139. The number of hydrazone groups is 1. The Morgan fingerprint density at radius 3 is 2.43 bits per heavy atom. The Labute approximate surface area is 181 Å². The number of sulfonamides is 1. The Balaban J connectivity index is 1.71. The first-order chi connectivity index (χ1) is 14.5. The van der Waals surface area contributed by atoms with Gasteiger partial charge in [0.05, 0.1) is 17.7 Å². The molecular formula is C22H21ClN2O4S. The third-order valence-electron chi connectivity index (χ3n) is 4.05. The molecule has 0 bridgehead atoms. The van der Waals surface area contributed by atoms with E-state index in [4.69, 9.17) is 21.1 Å².